The molecule has 0 amide bonds. The molecular formula is C4N2NiO4. The smallest absolute Gasteiger partial charge is 0.535 e. The van der Waals surface area contributed by atoms with Crippen LogP contribution in [0.5, 0.6) is 0 Å². The summed E-state index contributed by atoms with van der Waals surface area (Å²) in [7, 11) is 0. The molecule has 0 fully saturated rings. The van der Waals surface area contributed by atoms with E-state index < -0.39 is 11.9 Å². The first-order valence-corrected chi connectivity index (χ1v) is 1.76. The summed E-state index contributed by atoms with van der Waals surface area (Å²) in [6.07, 6.45) is 0. The Balaban J connectivity index is -0.000000107. The van der Waals surface area contributed by atoms with Crippen molar-refractivity contribution in [2.45, 2.75) is 0 Å². The third-order valence-corrected chi connectivity index (χ3v) is 0.183. The van der Waals surface area contributed by atoms with Crippen molar-refractivity contribution in [2.24, 2.45) is 0 Å². The summed E-state index contributed by atoms with van der Waals surface area (Å²) in [5.74, 6) is -3.38. The Morgan fingerprint density at radius 2 is 1.09 bits per heavy atom. The second-order valence-electron chi connectivity index (χ2n) is 0.799. The average molecular weight is 199 g/mol. The van der Waals surface area contributed by atoms with Crippen molar-refractivity contribution in [2.75, 3.05) is 0 Å². The van der Waals surface area contributed by atoms with E-state index in [4.69, 9.17) is 30.3 Å². The van der Waals surface area contributed by atoms with E-state index in [9.17, 15) is 0 Å². The molecule has 0 aromatic rings. The fraction of sp³-hybridized carbons (Fsp3) is 0. The minimum absolute atomic E-state index is 0. The van der Waals surface area contributed by atoms with Crippen LogP contribution in [0.3, 0.4) is 0 Å². The third-order valence-electron chi connectivity index (χ3n) is 0.183. The standard InChI is InChI=1S/2C2HNO2.Ni/c2*3-1-2(4)5;/h2*(H,4,5);/q;;+2/p-2. The molecule has 0 aliphatic carbocycles. The zero-order chi connectivity index (χ0) is 8.57. The molecule has 0 bridgehead atoms. The van der Waals surface area contributed by atoms with Gasteiger partial charge in [-0.2, -0.15) is 10.5 Å². The Kier molecular flexibility index (Phi) is 16.6. The van der Waals surface area contributed by atoms with E-state index in [0.29, 0.717) is 0 Å². The molecule has 0 unspecified atom stereocenters. The molecule has 0 heterocycles. The minimum Gasteiger partial charge on any atom is -0.535 e. The second kappa shape index (κ2) is 11.2. The van der Waals surface area contributed by atoms with Gasteiger partial charge in [0.05, 0.1) is 0 Å². The molecule has 0 aliphatic rings. The van der Waals surface area contributed by atoms with Gasteiger partial charge in [0.25, 0.3) is 0 Å². The molecule has 6 nitrogen and oxygen atoms in total. The van der Waals surface area contributed by atoms with Crippen LogP contribution in [-0.4, -0.2) is 11.9 Å². The largest absolute Gasteiger partial charge is 2.00 e. The summed E-state index contributed by atoms with van der Waals surface area (Å²) in [6.45, 7) is 0. The van der Waals surface area contributed by atoms with Gasteiger partial charge < -0.3 is 19.8 Å². The van der Waals surface area contributed by atoms with E-state index in [1.54, 1.807) is 0 Å². The van der Waals surface area contributed by atoms with Gasteiger partial charge in [-0.05, 0) is 0 Å². The van der Waals surface area contributed by atoms with Crippen molar-refractivity contribution in [1.29, 1.82) is 10.5 Å². The first-order chi connectivity index (χ1) is 4.54. The molecule has 0 atom stereocenters. The maximum atomic E-state index is 8.90. The van der Waals surface area contributed by atoms with Gasteiger partial charge in [-0.3, -0.25) is 0 Å². The number of rotatable bonds is 0. The molecule has 0 saturated carbocycles. The van der Waals surface area contributed by atoms with E-state index in [2.05, 4.69) is 0 Å². The molecule has 0 aliphatic heterocycles. The summed E-state index contributed by atoms with van der Waals surface area (Å²) in [5.41, 5.74) is 0. The summed E-state index contributed by atoms with van der Waals surface area (Å²) in [6, 6.07) is 1.67. The predicted octanol–water partition coefficient (Wildman–Crippen LogP) is -3.48. The Morgan fingerprint density at radius 1 is 1.00 bits per heavy atom. The van der Waals surface area contributed by atoms with Gasteiger partial charge in [0.2, 0.25) is 0 Å². The van der Waals surface area contributed by atoms with Crippen LogP contribution in [0.4, 0.5) is 0 Å². The topological polar surface area (TPSA) is 128 Å². The van der Waals surface area contributed by atoms with E-state index in [1.807, 2.05) is 0 Å². The minimum atomic E-state index is -1.69. The molecule has 0 rings (SSSR count). The van der Waals surface area contributed by atoms with E-state index in [1.165, 1.54) is 0 Å². The van der Waals surface area contributed by atoms with Crippen molar-refractivity contribution in [3.05, 3.63) is 0 Å². The van der Waals surface area contributed by atoms with Crippen molar-refractivity contribution in [3.8, 4) is 12.1 Å². The molecule has 11 heavy (non-hydrogen) atoms. The molecule has 0 saturated heterocycles. The number of hydrogen-bond donors (Lipinski definition) is 0. The average Bonchev–Trinajstić information content (AvgIpc) is 1.89. The van der Waals surface area contributed by atoms with Crippen molar-refractivity contribution in [3.63, 3.8) is 0 Å². The van der Waals surface area contributed by atoms with Gasteiger partial charge >= 0.3 is 16.5 Å². The van der Waals surface area contributed by atoms with Gasteiger partial charge in [-0.1, -0.05) is 0 Å². The van der Waals surface area contributed by atoms with E-state index in [0.717, 1.165) is 12.1 Å². The normalized spacial score (nSPS) is 4.91. The summed E-state index contributed by atoms with van der Waals surface area (Å²) in [4.78, 5) is 17.8. The monoisotopic (exact) mass is 198 g/mol. The van der Waals surface area contributed by atoms with Gasteiger partial charge in [-0.25, -0.2) is 0 Å². The molecule has 0 aromatic carbocycles. The Labute approximate surface area is 71.6 Å². The number of nitrogens with zero attached hydrogens (tertiary/aromatic N) is 2. The zero-order valence-corrected chi connectivity index (χ0v) is 5.83. The molecule has 0 aromatic heterocycles. The predicted molar refractivity (Wildman–Crippen MR) is 21.2 cm³/mol. The maximum Gasteiger partial charge on any atom is 2.00 e. The van der Waals surface area contributed by atoms with Gasteiger partial charge in [0.1, 0.15) is 24.1 Å². The van der Waals surface area contributed by atoms with Crippen LogP contribution >= 0.6 is 0 Å². The second-order valence-corrected chi connectivity index (χ2v) is 0.799. The van der Waals surface area contributed by atoms with Gasteiger partial charge in [-0.15, -0.1) is 0 Å². The molecule has 60 valence electrons. The molecule has 0 N–H and O–H groups in total. The van der Waals surface area contributed by atoms with E-state index in [-0.39, 0.29) is 16.5 Å². The summed E-state index contributed by atoms with van der Waals surface area (Å²) >= 11 is 0. The van der Waals surface area contributed by atoms with Gasteiger partial charge in [0.15, 0.2) is 0 Å². The van der Waals surface area contributed by atoms with Crippen molar-refractivity contribution in [1.82, 2.24) is 0 Å². The molecule has 0 spiro atoms. The van der Waals surface area contributed by atoms with Crippen LogP contribution in [0.1, 0.15) is 0 Å². The SMILES string of the molecule is N#CC(=O)[O-].N#CC(=O)[O-].[Ni+2]. The fourth-order valence-electron chi connectivity index (χ4n) is 0. The molecule has 0 radical (unpaired) electrons. The van der Waals surface area contributed by atoms with E-state index >= 15 is 0 Å². The number of nitriles is 2. The van der Waals surface area contributed by atoms with Crippen LogP contribution in [0.15, 0.2) is 0 Å². The number of carboxylic acid groups (broad SMARTS) is 2. The van der Waals surface area contributed by atoms with Crippen LogP contribution in [0.25, 0.3) is 0 Å². The first kappa shape index (κ1) is 16.2. The van der Waals surface area contributed by atoms with Crippen LogP contribution in [0, 0.1) is 22.7 Å². The Bertz CT molecular complexity index is 189. The summed E-state index contributed by atoms with van der Waals surface area (Å²) in [5, 5.41) is 32.3. The number of hydrogen-bond acceptors (Lipinski definition) is 6. The summed E-state index contributed by atoms with van der Waals surface area (Å²) < 4.78 is 0. The number of aliphatic carboxylic acids is 2. The van der Waals surface area contributed by atoms with Crippen LogP contribution in [-0.2, 0) is 26.1 Å². The first-order valence-electron chi connectivity index (χ1n) is 1.76. The van der Waals surface area contributed by atoms with Crippen LogP contribution in [0.2, 0.25) is 0 Å². The Morgan fingerprint density at radius 3 is 1.09 bits per heavy atom. The molecular weight excluding hydrogens is 199 g/mol. The maximum absolute atomic E-state index is 8.90. The Hall–Kier alpha value is -1.59. The van der Waals surface area contributed by atoms with Gasteiger partial charge in [0, 0.05) is 0 Å². The third kappa shape index (κ3) is 59.4. The molecule has 7 heteroatoms. The number of carbonyl (C=O) groups is 2. The van der Waals surface area contributed by atoms with Crippen molar-refractivity contribution < 1.29 is 36.3 Å². The quantitative estimate of drug-likeness (QED) is 0.294. The number of carboxylic acids is 2. The van der Waals surface area contributed by atoms with Crippen molar-refractivity contribution >= 4 is 11.9 Å². The fourth-order valence-corrected chi connectivity index (χ4v) is 0. The number of carbonyl (C=O) groups excluding carboxylic acids is 2. The zero-order valence-electron chi connectivity index (χ0n) is 4.84. The van der Waals surface area contributed by atoms with Crippen LogP contribution < -0.4 is 10.2 Å².